The molecule has 1 aliphatic rings. The largest absolute Gasteiger partial charge is 0.462 e. The zero-order valence-corrected chi connectivity index (χ0v) is 17.3. The molecular formula is C20H19ClN4O3S. The topological polar surface area (TPSA) is 86.1 Å². The first kappa shape index (κ1) is 19.6. The molecule has 29 heavy (non-hydrogen) atoms. The Kier molecular flexibility index (Phi) is 5.64. The Morgan fingerprint density at radius 3 is 2.76 bits per heavy atom. The summed E-state index contributed by atoms with van der Waals surface area (Å²) in [7, 11) is 0. The van der Waals surface area contributed by atoms with E-state index in [1.54, 1.807) is 29.7 Å². The first-order valence-electron chi connectivity index (χ1n) is 9.36. The lowest BCUT2D eigenvalue weighted by molar-refractivity contribution is 0.0526. The van der Waals surface area contributed by atoms with Crippen LogP contribution in [0.1, 0.15) is 50.9 Å². The van der Waals surface area contributed by atoms with Gasteiger partial charge in [0, 0.05) is 10.6 Å². The second-order valence-electron chi connectivity index (χ2n) is 6.62. The average molecular weight is 431 g/mol. The third kappa shape index (κ3) is 3.90. The van der Waals surface area contributed by atoms with Crippen LogP contribution in [0.4, 0.5) is 5.00 Å². The predicted octanol–water partition coefficient (Wildman–Crippen LogP) is 4.29. The highest BCUT2D eigenvalue weighted by atomic mass is 35.5. The highest BCUT2D eigenvalue weighted by Crippen LogP contribution is 2.39. The summed E-state index contributed by atoms with van der Waals surface area (Å²) in [6.07, 6.45) is 6.91. The zero-order valence-electron chi connectivity index (χ0n) is 15.8. The van der Waals surface area contributed by atoms with Crippen LogP contribution < -0.4 is 5.32 Å². The van der Waals surface area contributed by atoms with Crippen molar-refractivity contribution in [3.05, 3.63) is 57.4 Å². The first-order valence-corrected chi connectivity index (χ1v) is 10.6. The van der Waals surface area contributed by atoms with Gasteiger partial charge in [0.2, 0.25) is 0 Å². The molecule has 7 nitrogen and oxygen atoms in total. The SMILES string of the molecule is CCOC(=O)c1c(NC(=O)c2cc(-n3cnnc3)ccc2Cl)sc2c1CCCC2. The van der Waals surface area contributed by atoms with Crippen LogP contribution in [0.2, 0.25) is 5.02 Å². The van der Waals surface area contributed by atoms with E-state index in [1.807, 2.05) is 0 Å². The van der Waals surface area contributed by atoms with E-state index in [1.165, 1.54) is 24.0 Å². The second kappa shape index (κ2) is 8.34. The summed E-state index contributed by atoms with van der Waals surface area (Å²) in [4.78, 5) is 26.7. The standard InChI is InChI=1S/C20H19ClN4O3S/c1-2-28-20(27)17-13-5-3-4-6-16(13)29-19(17)24-18(26)14-9-12(7-8-15(14)21)25-10-22-23-11-25/h7-11H,2-6H2,1H3,(H,24,26). The number of nitrogens with zero attached hydrogens (tertiary/aromatic N) is 3. The van der Waals surface area contributed by atoms with Gasteiger partial charge in [-0.2, -0.15) is 0 Å². The van der Waals surface area contributed by atoms with Gasteiger partial charge in [-0.15, -0.1) is 21.5 Å². The molecule has 1 aromatic carbocycles. The molecular weight excluding hydrogens is 412 g/mol. The fraction of sp³-hybridized carbons (Fsp3) is 0.300. The van der Waals surface area contributed by atoms with Gasteiger partial charge in [0.15, 0.2) is 0 Å². The Morgan fingerprint density at radius 1 is 1.24 bits per heavy atom. The van der Waals surface area contributed by atoms with Gasteiger partial charge in [-0.25, -0.2) is 4.79 Å². The summed E-state index contributed by atoms with van der Waals surface area (Å²) in [5.41, 5.74) is 2.49. The van der Waals surface area contributed by atoms with E-state index in [4.69, 9.17) is 16.3 Å². The molecule has 3 aromatic rings. The monoisotopic (exact) mass is 430 g/mol. The maximum atomic E-state index is 13.0. The molecule has 0 bridgehead atoms. The molecule has 4 rings (SSSR count). The summed E-state index contributed by atoms with van der Waals surface area (Å²) in [6, 6.07) is 5.09. The number of aromatic nitrogens is 3. The number of halogens is 1. The van der Waals surface area contributed by atoms with Gasteiger partial charge in [-0.1, -0.05) is 11.6 Å². The predicted molar refractivity (Wildman–Crippen MR) is 111 cm³/mol. The van der Waals surface area contributed by atoms with Crippen LogP contribution in [0.25, 0.3) is 5.69 Å². The van der Waals surface area contributed by atoms with Crippen LogP contribution in [-0.4, -0.2) is 33.2 Å². The number of amides is 1. The quantitative estimate of drug-likeness (QED) is 0.610. The van der Waals surface area contributed by atoms with Gasteiger partial charge < -0.3 is 10.1 Å². The van der Waals surface area contributed by atoms with E-state index >= 15 is 0 Å². The highest BCUT2D eigenvalue weighted by molar-refractivity contribution is 7.17. The Bertz CT molecular complexity index is 1060. The lowest BCUT2D eigenvalue weighted by Crippen LogP contribution is -2.16. The van der Waals surface area contributed by atoms with E-state index in [2.05, 4.69) is 15.5 Å². The van der Waals surface area contributed by atoms with E-state index in [-0.39, 0.29) is 12.5 Å². The molecule has 150 valence electrons. The number of rotatable bonds is 5. The number of fused-ring (bicyclic) bond motifs is 1. The third-order valence-electron chi connectivity index (χ3n) is 4.79. The maximum Gasteiger partial charge on any atom is 0.341 e. The van der Waals surface area contributed by atoms with Crippen LogP contribution in [0.15, 0.2) is 30.9 Å². The second-order valence-corrected chi connectivity index (χ2v) is 8.14. The average Bonchev–Trinajstić information content (AvgIpc) is 3.36. The van der Waals surface area contributed by atoms with E-state index in [0.717, 1.165) is 36.1 Å². The molecule has 0 radical (unpaired) electrons. The number of hydrogen-bond donors (Lipinski definition) is 1. The van der Waals surface area contributed by atoms with Crippen molar-refractivity contribution in [1.29, 1.82) is 0 Å². The van der Waals surface area contributed by atoms with Gasteiger partial charge in [0.25, 0.3) is 5.91 Å². The molecule has 0 unspecified atom stereocenters. The van der Waals surface area contributed by atoms with E-state index < -0.39 is 5.97 Å². The minimum atomic E-state index is -0.397. The molecule has 2 aromatic heterocycles. The van der Waals surface area contributed by atoms with Crippen LogP contribution in [0.5, 0.6) is 0 Å². The van der Waals surface area contributed by atoms with Crippen molar-refractivity contribution in [2.45, 2.75) is 32.6 Å². The van der Waals surface area contributed by atoms with Gasteiger partial charge in [-0.3, -0.25) is 9.36 Å². The van der Waals surface area contributed by atoms with Gasteiger partial charge >= 0.3 is 5.97 Å². The number of esters is 1. The lowest BCUT2D eigenvalue weighted by Gasteiger charge is -2.12. The van der Waals surface area contributed by atoms with Crippen LogP contribution in [0.3, 0.4) is 0 Å². The molecule has 9 heteroatoms. The normalized spacial score (nSPS) is 13.0. The van der Waals surface area contributed by atoms with Crippen LogP contribution in [0, 0.1) is 0 Å². The maximum absolute atomic E-state index is 13.0. The van der Waals surface area contributed by atoms with Crippen molar-refractivity contribution in [3.8, 4) is 5.69 Å². The number of hydrogen-bond acceptors (Lipinski definition) is 6. The smallest absolute Gasteiger partial charge is 0.341 e. The Balaban J connectivity index is 1.68. The number of benzene rings is 1. The van der Waals surface area contributed by atoms with Crippen LogP contribution in [-0.2, 0) is 17.6 Å². The first-order chi connectivity index (χ1) is 14.1. The molecule has 0 fully saturated rings. The number of carbonyl (C=O) groups is 2. The number of aryl methyl sites for hydroxylation is 1. The lowest BCUT2D eigenvalue weighted by atomic mass is 9.95. The molecule has 0 atom stereocenters. The minimum absolute atomic E-state index is 0.281. The van der Waals surface area contributed by atoms with Crippen molar-refractivity contribution < 1.29 is 14.3 Å². The molecule has 2 heterocycles. The van der Waals surface area contributed by atoms with Crippen molar-refractivity contribution >= 4 is 39.8 Å². The van der Waals surface area contributed by atoms with E-state index in [0.29, 0.717) is 26.8 Å². The number of carbonyl (C=O) groups excluding carboxylic acids is 2. The molecule has 0 spiro atoms. The molecule has 1 N–H and O–H groups in total. The van der Waals surface area contributed by atoms with Crippen molar-refractivity contribution in [2.75, 3.05) is 11.9 Å². The Labute approximate surface area is 176 Å². The minimum Gasteiger partial charge on any atom is -0.462 e. The number of nitrogens with one attached hydrogen (secondary N) is 1. The Morgan fingerprint density at radius 2 is 2.00 bits per heavy atom. The number of anilines is 1. The highest BCUT2D eigenvalue weighted by Gasteiger charge is 2.27. The summed E-state index contributed by atoms with van der Waals surface area (Å²) in [5, 5.41) is 11.3. The summed E-state index contributed by atoms with van der Waals surface area (Å²) >= 11 is 7.73. The zero-order chi connectivity index (χ0) is 20.4. The summed E-state index contributed by atoms with van der Waals surface area (Å²) < 4.78 is 6.93. The van der Waals surface area contributed by atoms with Crippen molar-refractivity contribution in [1.82, 2.24) is 14.8 Å². The van der Waals surface area contributed by atoms with Gasteiger partial charge in [0.05, 0.1) is 22.8 Å². The van der Waals surface area contributed by atoms with Crippen molar-refractivity contribution in [2.24, 2.45) is 0 Å². The fourth-order valence-corrected chi connectivity index (χ4v) is 4.90. The van der Waals surface area contributed by atoms with Gasteiger partial charge in [-0.05, 0) is 56.4 Å². The van der Waals surface area contributed by atoms with Crippen LogP contribution >= 0.6 is 22.9 Å². The molecule has 0 saturated heterocycles. The Hall–Kier alpha value is -2.71. The molecule has 1 amide bonds. The summed E-state index contributed by atoms with van der Waals surface area (Å²) in [5.74, 6) is -0.777. The number of ether oxygens (including phenoxy) is 1. The molecule has 0 aliphatic heterocycles. The molecule has 0 saturated carbocycles. The van der Waals surface area contributed by atoms with Gasteiger partial charge in [0.1, 0.15) is 17.7 Å². The fourth-order valence-electron chi connectivity index (χ4n) is 3.43. The molecule has 1 aliphatic carbocycles. The number of thiophene rings is 1. The van der Waals surface area contributed by atoms with E-state index in [9.17, 15) is 9.59 Å². The van der Waals surface area contributed by atoms with Crippen molar-refractivity contribution in [3.63, 3.8) is 0 Å². The summed E-state index contributed by atoms with van der Waals surface area (Å²) in [6.45, 7) is 2.05. The third-order valence-corrected chi connectivity index (χ3v) is 6.33.